The van der Waals surface area contributed by atoms with Crippen molar-refractivity contribution in [3.8, 4) is 17.2 Å². The summed E-state index contributed by atoms with van der Waals surface area (Å²) in [6.07, 6.45) is 5.05. The first kappa shape index (κ1) is 22.1. The molecule has 1 fully saturated rings. The third-order valence-corrected chi connectivity index (χ3v) is 6.82. The van der Waals surface area contributed by atoms with E-state index in [1.165, 1.54) is 29.8 Å². The molecule has 1 nitrogen and oxygen atoms in total. The summed E-state index contributed by atoms with van der Waals surface area (Å²) >= 11 is 0. The van der Waals surface area contributed by atoms with Gasteiger partial charge in [0.25, 0.3) is 0 Å². The summed E-state index contributed by atoms with van der Waals surface area (Å²) in [4.78, 5) is 0. The van der Waals surface area contributed by atoms with Gasteiger partial charge in [0.15, 0.2) is 0 Å². The van der Waals surface area contributed by atoms with Gasteiger partial charge < -0.3 is 0 Å². The number of hydrogen-bond donors (Lipinski definition) is 0. The summed E-state index contributed by atoms with van der Waals surface area (Å²) in [5.41, 5.74) is 1.73. The molecule has 0 unspecified atom stereocenters. The molecule has 0 saturated heterocycles. The van der Waals surface area contributed by atoms with E-state index in [2.05, 4.69) is 31.2 Å². The van der Waals surface area contributed by atoms with E-state index in [9.17, 15) is 13.2 Å². The van der Waals surface area contributed by atoms with Gasteiger partial charge in [-0.25, -0.2) is 13.2 Å². The molecule has 0 heterocycles. The van der Waals surface area contributed by atoms with Crippen LogP contribution in [0.2, 0.25) is 0 Å². The SMILES string of the molecule is C[C@H](CC1CCC(c2cc(F)c(-c3ccc(C#N)c(F)c3)c(F)c2)CC1)c1ccccc1. The van der Waals surface area contributed by atoms with E-state index in [0.717, 1.165) is 38.2 Å². The van der Waals surface area contributed by atoms with Crippen LogP contribution in [0.1, 0.15) is 67.6 Å². The molecule has 1 saturated carbocycles. The van der Waals surface area contributed by atoms with Crippen LogP contribution in [0.3, 0.4) is 0 Å². The molecule has 0 amide bonds. The first-order chi connectivity index (χ1) is 15.5. The van der Waals surface area contributed by atoms with Crippen LogP contribution in [0, 0.1) is 34.7 Å². The molecule has 0 N–H and O–H groups in total. The maximum absolute atomic E-state index is 14.9. The number of rotatable bonds is 5. The lowest BCUT2D eigenvalue weighted by Gasteiger charge is -2.30. The fourth-order valence-electron chi connectivity index (χ4n) is 5.01. The van der Waals surface area contributed by atoms with Gasteiger partial charge in [0.05, 0.1) is 11.1 Å². The zero-order chi connectivity index (χ0) is 22.7. The minimum Gasteiger partial charge on any atom is -0.206 e. The van der Waals surface area contributed by atoms with Crippen LogP contribution in [-0.2, 0) is 0 Å². The molecule has 1 aliphatic carbocycles. The smallest absolute Gasteiger partial charge is 0.141 e. The lowest BCUT2D eigenvalue weighted by atomic mass is 9.75. The number of halogens is 3. The van der Waals surface area contributed by atoms with E-state index in [1.807, 2.05) is 6.07 Å². The fourth-order valence-corrected chi connectivity index (χ4v) is 5.01. The average molecular weight is 434 g/mol. The molecule has 4 rings (SSSR count). The highest BCUT2D eigenvalue weighted by atomic mass is 19.1. The van der Waals surface area contributed by atoms with E-state index in [-0.39, 0.29) is 22.6 Å². The maximum Gasteiger partial charge on any atom is 0.141 e. The topological polar surface area (TPSA) is 23.8 Å². The third kappa shape index (κ3) is 4.72. The predicted molar refractivity (Wildman–Crippen MR) is 121 cm³/mol. The predicted octanol–water partition coefficient (Wildman–Crippen LogP) is 8.11. The first-order valence-electron chi connectivity index (χ1n) is 11.2. The molecule has 3 aromatic rings. The quantitative estimate of drug-likeness (QED) is 0.399. The van der Waals surface area contributed by atoms with Crippen molar-refractivity contribution in [1.82, 2.24) is 0 Å². The molecule has 0 aliphatic heterocycles. The lowest BCUT2D eigenvalue weighted by Crippen LogP contribution is -2.15. The fraction of sp³-hybridized carbons (Fsp3) is 0.321. The molecule has 164 valence electrons. The van der Waals surface area contributed by atoms with Gasteiger partial charge in [-0.1, -0.05) is 43.3 Å². The molecule has 3 aromatic carbocycles. The van der Waals surface area contributed by atoms with E-state index in [0.29, 0.717) is 17.4 Å². The highest BCUT2D eigenvalue weighted by molar-refractivity contribution is 5.66. The van der Waals surface area contributed by atoms with Crippen LogP contribution < -0.4 is 0 Å². The molecule has 32 heavy (non-hydrogen) atoms. The van der Waals surface area contributed by atoms with Crippen molar-refractivity contribution in [2.45, 2.75) is 50.9 Å². The average Bonchev–Trinajstić information content (AvgIpc) is 2.80. The van der Waals surface area contributed by atoms with Gasteiger partial charge >= 0.3 is 0 Å². The van der Waals surface area contributed by atoms with E-state index in [1.54, 1.807) is 6.07 Å². The van der Waals surface area contributed by atoms with Gasteiger partial charge in [-0.15, -0.1) is 0 Å². The Balaban J connectivity index is 1.44. The molecule has 0 radical (unpaired) electrons. The van der Waals surface area contributed by atoms with E-state index < -0.39 is 17.5 Å². The van der Waals surface area contributed by atoms with Crippen molar-refractivity contribution in [2.24, 2.45) is 5.92 Å². The van der Waals surface area contributed by atoms with Gasteiger partial charge in [-0.05, 0) is 90.8 Å². The Bertz CT molecular complexity index is 1100. The van der Waals surface area contributed by atoms with Crippen LogP contribution in [0.4, 0.5) is 13.2 Å². The van der Waals surface area contributed by atoms with Crippen molar-refractivity contribution in [1.29, 1.82) is 5.26 Å². The van der Waals surface area contributed by atoms with Crippen LogP contribution >= 0.6 is 0 Å². The number of nitriles is 1. The van der Waals surface area contributed by atoms with Crippen LogP contribution in [0.25, 0.3) is 11.1 Å². The minimum atomic E-state index is -0.782. The van der Waals surface area contributed by atoms with Crippen molar-refractivity contribution in [2.75, 3.05) is 0 Å². The summed E-state index contributed by atoms with van der Waals surface area (Å²) < 4.78 is 43.7. The minimum absolute atomic E-state index is 0.0988. The summed E-state index contributed by atoms with van der Waals surface area (Å²) in [5, 5.41) is 8.86. The second-order valence-corrected chi connectivity index (χ2v) is 8.93. The third-order valence-electron chi connectivity index (χ3n) is 6.82. The van der Waals surface area contributed by atoms with Gasteiger partial charge in [0.2, 0.25) is 0 Å². The highest BCUT2D eigenvalue weighted by Gasteiger charge is 2.26. The van der Waals surface area contributed by atoms with Crippen LogP contribution in [0.15, 0.2) is 60.7 Å². The second kappa shape index (κ2) is 9.61. The Morgan fingerprint density at radius 1 is 0.875 bits per heavy atom. The Morgan fingerprint density at radius 2 is 1.53 bits per heavy atom. The molecular weight excluding hydrogens is 407 g/mol. The molecule has 4 heteroatoms. The monoisotopic (exact) mass is 433 g/mol. The second-order valence-electron chi connectivity index (χ2n) is 8.93. The number of hydrogen-bond acceptors (Lipinski definition) is 1. The van der Waals surface area contributed by atoms with Crippen molar-refractivity contribution in [3.63, 3.8) is 0 Å². The van der Waals surface area contributed by atoms with Crippen molar-refractivity contribution < 1.29 is 13.2 Å². The van der Waals surface area contributed by atoms with Crippen molar-refractivity contribution in [3.05, 3.63) is 94.8 Å². The van der Waals surface area contributed by atoms with Crippen LogP contribution in [0.5, 0.6) is 0 Å². The lowest BCUT2D eigenvalue weighted by molar-refractivity contribution is 0.296. The molecule has 0 aromatic heterocycles. The summed E-state index contributed by atoms with van der Waals surface area (Å²) in [7, 11) is 0. The van der Waals surface area contributed by atoms with Crippen molar-refractivity contribution >= 4 is 0 Å². The summed E-state index contributed by atoms with van der Waals surface area (Å²) in [6, 6.07) is 18.7. The van der Waals surface area contributed by atoms with Gasteiger partial charge in [0.1, 0.15) is 23.5 Å². The van der Waals surface area contributed by atoms with Crippen LogP contribution in [-0.4, -0.2) is 0 Å². The zero-order valence-corrected chi connectivity index (χ0v) is 18.1. The molecule has 1 aliphatic rings. The Hall–Kier alpha value is -3.06. The summed E-state index contributed by atoms with van der Waals surface area (Å²) in [5.74, 6) is -0.908. The Morgan fingerprint density at radius 3 is 2.12 bits per heavy atom. The first-order valence-corrected chi connectivity index (χ1v) is 11.2. The zero-order valence-electron chi connectivity index (χ0n) is 18.1. The Kier molecular flexibility index (Phi) is 6.65. The Labute approximate surface area is 187 Å². The summed E-state index contributed by atoms with van der Waals surface area (Å²) in [6.45, 7) is 2.26. The van der Waals surface area contributed by atoms with Gasteiger partial charge in [-0.3, -0.25) is 0 Å². The van der Waals surface area contributed by atoms with E-state index in [4.69, 9.17) is 5.26 Å². The molecule has 0 spiro atoms. The molecular formula is C28H26F3N. The number of benzene rings is 3. The highest BCUT2D eigenvalue weighted by Crippen LogP contribution is 2.41. The normalized spacial score (nSPS) is 19.3. The largest absolute Gasteiger partial charge is 0.206 e. The maximum atomic E-state index is 14.9. The molecule has 0 bridgehead atoms. The number of nitrogens with zero attached hydrogens (tertiary/aromatic N) is 1. The van der Waals surface area contributed by atoms with E-state index >= 15 is 0 Å². The van der Waals surface area contributed by atoms with Gasteiger partial charge in [-0.2, -0.15) is 5.26 Å². The molecule has 1 atom stereocenters. The van der Waals surface area contributed by atoms with Gasteiger partial charge in [0, 0.05) is 0 Å². The standard InChI is InChI=1S/C28H26F3N/c1-18(20-5-3-2-4-6-20)13-19-7-9-21(10-8-19)24-15-26(30)28(27(31)16-24)22-11-12-23(17-32)25(29)14-22/h2-6,11-12,14-16,18-19,21H,7-10,13H2,1H3/t18-,19?,21?/m1/s1.